The molecule has 1 aliphatic rings. The van der Waals surface area contributed by atoms with Crippen molar-refractivity contribution in [3.05, 3.63) is 41.7 Å². The summed E-state index contributed by atoms with van der Waals surface area (Å²) >= 11 is 0. The molecule has 0 spiro atoms. The molecular formula is C14H12FN5. The maximum Gasteiger partial charge on any atom is 0.193 e. The van der Waals surface area contributed by atoms with Gasteiger partial charge in [-0.1, -0.05) is 17.3 Å². The SMILES string of the molecule is Nc1nc(-n2nnc3ccccc32)c(F)cc1C1CC1. The Morgan fingerprint density at radius 1 is 1.25 bits per heavy atom. The smallest absolute Gasteiger partial charge is 0.193 e. The van der Waals surface area contributed by atoms with Gasteiger partial charge in [0.2, 0.25) is 0 Å². The molecule has 4 rings (SSSR count). The van der Waals surface area contributed by atoms with Gasteiger partial charge in [-0.25, -0.2) is 9.37 Å². The minimum absolute atomic E-state index is 0.0978. The molecule has 0 atom stereocenters. The van der Waals surface area contributed by atoms with Gasteiger partial charge < -0.3 is 5.73 Å². The lowest BCUT2D eigenvalue weighted by Crippen LogP contribution is -2.08. The Bertz CT molecular complexity index is 806. The van der Waals surface area contributed by atoms with Crippen LogP contribution in [-0.4, -0.2) is 20.0 Å². The maximum absolute atomic E-state index is 14.3. The van der Waals surface area contributed by atoms with Crippen LogP contribution in [0.25, 0.3) is 16.9 Å². The Morgan fingerprint density at radius 3 is 2.85 bits per heavy atom. The number of nitrogens with two attached hydrogens (primary N) is 1. The summed E-state index contributed by atoms with van der Waals surface area (Å²) in [6, 6.07) is 8.82. The van der Waals surface area contributed by atoms with Crippen LogP contribution in [0.15, 0.2) is 30.3 Å². The van der Waals surface area contributed by atoms with Crippen molar-refractivity contribution in [2.75, 3.05) is 5.73 Å². The number of nitrogen functional groups attached to an aromatic ring is 1. The average molecular weight is 269 g/mol. The number of rotatable bonds is 2. The molecule has 0 bridgehead atoms. The normalized spacial score (nSPS) is 14.8. The maximum atomic E-state index is 14.3. The zero-order chi connectivity index (χ0) is 13.7. The van der Waals surface area contributed by atoms with Crippen molar-refractivity contribution in [3.8, 4) is 5.82 Å². The molecule has 1 aliphatic carbocycles. The summed E-state index contributed by atoms with van der Waals surface area (Å²) in [4.78, 5) is 4.19. The van der Waals surface area contributed by atoms with Crippen LogP contribution in [0.1, 0.15) is 24.3 Å². The predicted molar refractivity (Wildman–Crippen MR) is 73.0 cm³/mol. The Kier molecular flexibility index (Phi) is 2.26. The summed E-state index contributed by atoms with van der Waals surface area (Å²) in [7, 11) is 0. The lowest BCUT2D eigenvalue weighted by molar-refractivity contribution is 0.597. The number of hydrogen-bond donors (Lipinski definition) is 1. The molecule has 20 heavy (non-hydrogen) atoms. The van der Waals surface area contributed by atoms with Crippen molar-refractivity contribution in [2.24, 2.45) is 0 Å². The average Bonchev–Trinajstić information content (AvgIpc) is 3.21. The molecule has 1 fully saturated rings. The second-order valence-electron chi connectivity index (χ2n) is 5.03. The van der Waals surface area contributed by atoms with Crippen LogP contribution >= 0.6 is 0 Å². The molecule has 5 nitrogen and oxygen atoms in total. The monoisotopic (exact) mass is 269 g/mol. The van der Waals surface area contributed by atoms with E-state index in [-0.39, 0.29) is 5.82 Å². The first-order valence-corrected chi connectivity index (χ1v) is 6.51. The number of pyridine rings is 1. The van der Waals surface area contributed by atoms with E-state index in [4.69, 9.17) is 5.73 Å². The molecule has 0 amide bonds. The highest BCUT2D eigenvalue weighted by molar-refractivity contribution is 5.75. The third kappa shape index (κ3) is 1.65. The van der Waals surface area contributed by atoms with E-state index in [1.807, 2.05) is 24.3 Å². The van der Waals surface area contributed by atoms with Crippen LogP contribution in [0.4, 0.5) is 10.2 Å². The summed E-state index contributed by atoms with van der Waals surface area (Å²) in [6.07, 6.45) is 2.11. The molecule has 0 unspecified atom stereocenters. The van der Waals surface area contributed by atoms with Gasteiger partial charge in [0, 0.05) is 5.56 Å². The number of aromatic nitrogens is 4. The summed E-state index contributed by atoms with van der Waals surface area (Å²) < 4.78 is 15.7. The van der Waals surface area contributed by atoms with E-state index in [9.17, 15) is 4.39 Å². The van der Waals surface area contributed by atoms with Gasteiger partial charge in [-0.05, 0) is 37.0 Å². The molecule has 2 N–H and O–H groups in total. The summed E-state index contributed by atoms with van der Waals surface area (Å²) in [5.74, 6) is 0.416. The van der Waals surface area contributed by atoms with E-state index in [0.717, 1.165) is 18.4 Å². The van der Waals surface area contributed by atoms with Crippen molar-refractivity contribution in [1.29, 1.82) is 0 Å². The molecule has 0 aliphatic heterocycles. The van der Waals surface area contributed by atoms with Crippen molar-refractivity contribution in [3.63, 3.8) is 0 Å². The van der Waals surface area contributed by atoms with E-state index in [2.05, 4.69) is 15.3 Å². The Hall–Kier alpha value is -2.50. The van der Waals surface area contributed by atoms with Gasteiger partial charge in [-0.3, -0.25) is 0 Å². The molecule has 100 valence electrons. The topological polar surface area (TPSA) is 69.6 Å². The quantitative estimate of drug-likeness (QED) is 0.775. The first-order valence-electron chi connectivity index (χ1n) is 6.51. The number of halogens is 1. The van der Waals surface area contributed by atoms with E-state index >= 15 is 0 Å². The zero-order valence-electron chi connectivity index (χ0n) is 10.6. The van der Waals surface area contributed by atoms with Crippen LogP contribution in [0.3, 0.4) is 0 Å². The largest absolute Gasteiger partial charge is 0.383 e. The van der Waals surface area contributed by atoms with E-state index in [1.165, 1.54) is 10.7 Å². The van der Waals surface area contributed by atoms with Crippen LogP contribution in [0.2, 0.25) is 0 Å². The number of benzene rings is 1. The van der Waals surface area contributed by atoms with E-state index in [0.29, 0.717) is 22.8 Å². The molecule has 0 saturated heterocycles. The molecule has 0 radical (unpaired) electrons. The minimum Gasteiger partial charge on any atom is -0.383 e. The van der Waals surface area contributed by atoms with Gasteiger partial charge in [0.25, 0.3) is 0 Å². The fourth-order valence-electron chi connectivity index (χ4n) is 2.40. The van der Waals surface area contributed by atoms with Crippen molar-refractivity contribution in [1.82, 2.24) is 20.0 Å². The third-order valence-corrected chi connectivity index (χ3v) is 3.59. The van der Waals surface area contributed by atoms with Gasteiger partial charge in [-0.15, -0.1) is 5.10 Å². The van der Waals surface area contributed by atoms with Crippen molar-refractivity contribution < 1.29 is 4.39 Å². The van der Waals surface area contributed by atoms with Gasteiger partial charge in [0.05, 0.1) is 5.52 Å². The molecular weight excluding hydrogens is 257 g/mol. The molecule has 1 aromatic carbocycles. The predicted octanol–water partition coefficient (Wildman–Crippen LogP) is 2.41. The van der Waals surface area contributed by atoms with Crippen LogP contribution in [-0.2, 0) is 0 Å². The van der Waals surface area contributed by atoms with Crippen molar-refractivity contribution in [2.45, 2.75) is 18.8 Å². The number of nitrogens with zero attached hydrogens (tertiary/aromatic N) is 4. The van der Waals surface area contributed by atoms with Gasteiger partial charge in [0.1, 0.15) is 11.3 Å². The van der Waals surface area contributed by atoms with Gasteiger partial charge in [-0.2, -0.15) is 4.68 Å². The lowest BCUT2D eigenvalue weighted by atomic mass is 10.1. The van der Waals surface area contributed by atoms with Gasteiger partial charge >= 0.3 is 0 Å². The zero-order valence-corrected chi connectivity index (χ0v) is 10.6. The Labute approximate surface area is 114 Å². The number of fused-ring (bicyclic) bond motifs is 1. The summed E-state index contributed by atoms with van der Waals surface area (Å²) in [5, 5.41) is 7.97. The molecule has 2 aromatic heterocycles. The number of para-hydroxylation sites is 1. The fourth-order valence-corrected chi connectivity index (χ4v) is 2.40. The Morgan fingerprint density at radius 2 is 2.05 bits per heavy atom. The van der Waals surface area contributed by atoms with Crippen LogP contribution in [0, 0.1) is 5.82 Å². The Balaban J connectivity index is 1.91. The standard InChI is InChI=1S/C14H12FN5/c15-10-7-9(8-5-6-8)13(16)17-14(10)20-12-4-2-1-3-11(12)18-19-20/h1-4,7-8H,5-6H2,(H2,16,17). The molecule has 1 saturated carbocycles. The third-order valence-electron chi connectivity index (χ3n) is 3.59. The first kappa shape index (κ1) is 11.3. The highest BCUT2D eigenvalue weighted by atomic mass is 19.1. The fraction of sp³-hybridized carbons (Fsp3) is 0.214. The van der Waals surface area contributed by atoms with E-state index in [1.54, 1.807) is 0 Å². The van der Waals surface area contributed by atoms with Gasteiger partial charge in [0.15, 0.2) is 11.6 Å². The molecule has 6 heteroatoms. The second-order valence-corrected chi connectivity index (χ2v) is 5.03. The van der Waals surface area contributed by atoms with E-state index < -0.39 is 5.82 Å². The highest BCUT2D eigenvalue weighted by Gasteiger charge is 2.28. The lowest BCUT2D eigenvalue weighted by Gasteiger charge is -2.08. The molecule has 2 heterocycles. The summed E-state index contributed by atoms with van der Waals surface area (Å²) in [5.41, 5.74) is 8.14. The minimum atomic E-state index is -0.420. The summed E-state index contributed by atoms with van der Waals surface area (Å²) in [6.45, 7) is 0. The number of anilines is 1. The first-order chi connectivity index (χ1) is 9.74. The highest BCUT2D eigenvalue weighted by Crippen LogP contribution is 2.42. The number of hydrogen-bond acceptors (Lipinski definition) is 4. The van der Waals surface area contributed by atoms with Crippen molar-refractivity contribution >= 4 is 16.9 Å². The van der Waals surface area contributed by atoms with Crippen LogP contribution < -0.4 is 5.73 Å². The molecule has 3 aromatic rings. The van der Waals surface area contributed by atoms with Crippen LogP contribution in [0.5, 0.6) is 0 Å². The second kappa shape index (κ2) is 4.00.